The molecular weight excluding hydrogens is 550 g/mol. The number of hydrogen-bond acceptors (Lipinski definition) is 6. The summed E-state index contributed by atoms with van der Waals surface area (Å²) >= 11 is 3.43. The van der Waals surface area contributed by atoms with Crippen LogP contribution in [-0.4, -0.2) is 33.6 Å². The minimum Gasteiger partial charge on any atom is -0.490 e. The van der Waals surface area contributed by atoms with Gasteiger partial charge in [0.05, 0.1) is 29.3 Å². The average Bonchev–Trinajstić information content (AvgIpc) is 2.87. The quantitative estimate of drug-likeness (QED) is 0.257. The molecule has 4 aromatic rings. The molecule has 0 amide bonds. The molecule has 0 saturated heterocycles. The van der Waals surface area contributed by atoms with E-state index in [9.17, 15) is 9.59 Å². The minimum absolute atomic E-state index is 0.218. The van der Waals surface area contributed by atoms with Gasteiger partial charge in [-0.15, -0.1) is 0 Å². The molecule has 0 spiro atoms. The van der Waals surface area contributed by atoms with Crippen molar-refractivity contribution in [1.82, 2.24) is 9.66 Å². The van der Waals surface area contributed by atoms with Gasteiger partial charge in [0.15, 0.2) is 11.5 Å². The minimum atomic E-state index is -0.974. The number of aromatic carboxylic acids is 1. The molecule has 1 N–H and O–H groups in total. The van der Waals surface area contributed by atoms with E-state index in [0.29, 0.717) is 40.4 Å². The molecule has 38 heavy (non-hydrogen) atoms. The second-order valence-electron chi connectivity index (χ2n) is 9.64. The van der Waals surface area contributed by atoms with E-state index in [-0.39, 0.29) is 17.7 Å². The van der Waals surface area contributed by atoms with Gasteiger partial charge in [-0.1, -0.05) is 48.8 Å². The second kappa shape index (κ2) is 11.2. The summed E-state index contributed by atoms with van der Waals surface area (Å²) in [6.07, 6.45) is 1.60. The van der Waals surface area contributed by atoms with Crippen LogP contribution in [0, 0.1) is 0 Å². The van der Waals surface area contributed by atoms with E-state index < -0.39 is 11.4 Å². The smallest absolute Gasteiger partial charge is 0.335 e. The monoisotopic (exact) mass is 577 g/mol. The summed E-state index contributed by atoms with van der Waals surface area (Å²) in [7, 11) is 0. The molecule has 0 unspecified atom stereocenters. The van der Waals surface area contributed by atoms with Gasteiger partial charge in [-0.25, -0.2) is 9.78 Å². The van der Waals surface area contributed by atoms with Gasteiger partial charge in [0.1, 0.15) is 12.4 Å². The fraction of sp³-hybridized carbons (Fsp3) is 0.241. The number of aromatic nitrogens is 2. The molecule has 196 valence electrons. The lowest BCUT2D eigenvalue weighted by Gasteiger charge is -2.21. The van der Waals surface area contributed by atoms with Crippen LogP contribution < -0.4 is 15.0 Å². The van der Waals surface area contributed by atoms with E-state index in [1.54, 1.807) is 36.5 Å². The molecule has 3 aromatic carbocycles. The first-order valence-electron chi connectivity index (χ1n) is 12.1. The summed E-state index contributed by atoms with van der Waals surface area (Å²) in [6, 6.07) is 17.3. The van der Waals surface area contributed by atoms with E-state index >= 15 is 0 Å². The van der Waals surface area contributed by atoms with Gasteiger partial charge in [0, 0.05) is 9.89 Å². The number of nitrogens with zero attached hydrogens (tertiary/aromatic N) is 3. The lowest BCUT2D eigenvalue weighted by molar-refractivity contribution is 0.0697. The van der Waals surface area contributed by atoms with Crippen LogP contribution in [0.15, 0.2) is 75.0 Å². The van der Waals surface area contributed by atoms with Crippen molar-refractivity contribution >= 4 is 39.0 Å². The molecule has 4 rings (SSSR count). The van der Waals surface area contributed by atoms with E-state index in [0.717, 1.165) is 10.0 Å². The van der Waals surface area contributed by atoms with Crippen molar-refractivity contribution in [3.63, 3.8) is 0 Å². The highest BCUT2D eigenvalue weighted by atomic mass is 79.9. The topological polar surface area (TPSA) is 103 Å². The van der Waals surface area contributed by atoms with Crippen LogP contribution in [0.2, 0.25) is 0 Å². The fourth-order valence-electron chi connectivity index (χ4n) is 3.76. The van der Waals surface area contributed by atoms with Crippen LogP contribution in [-0.2, 0) is 12.0 Å². The Hall–Kier alpha value is -3.98. The number of hydrogen-bond donors (Lipinski definition) is 1. The summed E-state index contributed by atoms with van der Waals surface area (Å²) in [4.78, 5) is 29.2. The lowest BCUT2D eigenvalue weighted by atomic mass is 9.95. The molecule has 1 aromatic heterocycles. The summed E-state index contributed by atoms with van der Waals surface area (Å²) in [5.41, 5.74) is 1.70. The highest BCUT2D eigenvalue weighted by Crippen LogP contribution is 2.29. The highest BCUT2D eigenvalue weighted by molar-refractivity contribution is 9.10. The van der Waals surface area contributed by atoms with Crippen LogP contribution in [0.25, 0.3) is 10.9 Å². The van der Waals surface area contributed by atoms with Crippen molar-refractivity contribution in [1.29, 1.82) is 0 Å². The van der Waals surface area contributed by atoms with E-state index in [4.69, 9.17) is 19.6 Å². The highest BCUT2D eigenvalue weighted by Gasteiger charge is 2.23. The van der Waals surface area contributed by atoms with Gasteiger partial charge in [0.25, 0.3) is 5.56 Å². The molecule has 1 heterocycles. The van der Waals surface area contributed by atoms with E-state index in [1.165, 1.54) is 16.8 Å². The lowest BCUT2D eigenvalue weighted by Crippen LogP contribution is -2.29. The van der Waals surface area contributed by atoms with Gasteiger partial charge in [-0.2, -0.15) is 9.78 Å². The summed E-state index contributed by atoms with van der Waals surface area (Å²) in [5, 5.41) is 14.1. The zero-order valence-electron chi connectivity index (χ0n) is 21.6. The van der Waals surface area contributed by atoms with Crippen LogP contribution in [0.1, 0.15) is 55.0 Å². The Morgan fingerprint density at radius 2 is 1.79 bits per heavy atom. The van der Waals surface area contributed by atoms with E-state index in [2.05, 4.69) is 21.0 Å². The Kier molecular flexibility index (Phi) is 7.97. The van der Waals surface area contributed by atoms with Crippen LogP contribution in [0.3, 0.4) is 0 Å². The normalized spacial score (nSPS) is 11.7. The number of ether oxygens (including phenoxy) is 2. The number of fused-ring (bicyclic) bond motifs is 1. The van der Waals surface area contributed by atoms with Gasteiger partial charge in [0.2, 0.25) is 0 Å². The fourth-order valence-corrected chi connectivity index (χ4v) is 4.12. The number of carboxylic acids is 1. The zero-order valence-corrected chi connectivity index (χ0v) is 23.2. The molecule has 8 nitrogen and oxygen atoms in total. The zero-order chi connectivity index (χ0) is 27.4. The number of halogens is 1. The third-order valence-corrected chi connectivity index (χ3v) is 6.16. The van der Waals surface area contributed by atoms with Crippen LogP contribution in [0.4, 0.5) is 0 Å². The van der Waals surface area contributed by atoms with Gasteiger partial charge in [-0.3, -0.25) is 4.79 Å². The maximum absolute atomic E-state index is 13.4. The van der Waals surface area contributed by atoms with E-state index in [1.807, 2.05) is 45.9 Å². The van der Waals surface area contributed by atoms with Crippen molar-refractivity contribution in [2.24, 2.45) is 5.10 Å². The first-order valence-corrected chi connectivity index (χ1v) is 12.8. The number of carbonyl (C=O) groups is 1. The van der Waals surface area contributed by atoms with Crippen molar-refractivity contribution < 1.29 is 19.4 Å². The molecule has 0 bridgehead atoms. The molecule has 0 aliphatic carbocycles. The summed E-state index contributed by atoms with van der Waals surface area (Å²) in [6.45, 7) is 8.51. The summed E-state index contributed by atoms with van der Waals surface area (Å²) in [5.74, 6) is 0.642. The molecule has 9 heteroatoms. The van der Waals surface area contributed by atoms with Gasteiger partial charge >= 0.3 is 5.97 Å². The van der Waals surface area contributed by atoms with Crippen LogP contribution >= 0.6 is 15.9 Å². The molecular formula is C29H28BrN3O5. The number of benzene rings is 3. The Morgan fingerprint density at radius 3 is 2.45 bits per heavy atom. The second-order valence-corrected chi connectivity index (χ2v) is 10.6. The molecule has 0 saturated carbocycles. The molecule has 0 fully saturated rings. The Balaban J connectivity index is 1.64. The number of carboxylic acid groups (broad SMARTS) is 1. The molecule has 0 atom stereocenters. The van der Waals surface area contributed by atoms with Crippen molar-refractivity contribution in [2.75, 3.05) is 6.61 Å². The standard InChI is InChI=1S/C29H28BrN3O5/c1-5-37-25-14-19(8-13-24(25)38-17-18-6-9-20(10-7-18)27(35)36)16-31-33-26(34)22-15-21(30)11-12-23(22)32-28(33)29(2,3)4/h6-16H,5,17H2,1-4H3,(H,35,36). The van der Waals surface area contributed by atoms with Gasteiger partial charge in [-0.05, 0) is 66.6 Å². The largest absolute Gasteiger partial charge is 0.490 e. The Labute approximate surface area is 228 Å². The Morgan fingerprint density at radius 1 is 1.05 bits per heavy atom. The third-order valence-electron chi connectivity index (χ3n) is 5.66. The molecule has 0 aliphatic rings. The summed E-state index contributed by atoms with van der Waals surface area (Å²) < 4.78 is 13.9. The van der Waals surface area contributed by atoms with Crippen LogP contribution in [0.5, 0.6) is 11.5 Å². The first kappa shape index (κ1) is 27.1. The SMILES string of the molecule is CCOc1cc(C=Nn2c(C(C)(C)C)nc3ccc(Br)cc3c2=O)ccc1OCc1ccc(C(=O)O)cc1. The number of rotatable bonds is 8. The average molecular weight is 578 g/mol. The van der Waals surface area contributed by atoms with Crippen molar-refractivity contribution in [3.05, 3.63) is 98.0 Å². The molecule has 0 aliphatic heterocycles. The Bertz CT molecular complexity index is 1570. The third kappa shape index (κ3) is 6.11. The first-order chi connectivity index (χ1) is 18.1. The van der Waals surface area contributed by atoms with Gasteiger partial charge < -0.3 is 14.6 Å². The van der Waals surface area contributed by atoms with Crippen molar-refractivity contribution in [2.45, 2.75) is 39.7 Å². The maximum atomic E-state index is 13.4. The molecule has 0 radical (unpaired) electrons. The predicted molar refractivity (Wildman–Crippen MR) is 151 cm³/mol. The predicted octanol–water partition coefficient (Wildman–Crippen LogP) is 6.01. The van der Waals surface area contributed by atoms with Crippen molar-refractivity contribution in [3.8, 4) is 11.5 Å². The maximum Gasteiger partial charge on any atom is 0.335 e.